The molecule has 0 aliphatic carbocycles. The summed E-state index contributed by atoms with van der Waals surface area (Å²) in [6.45, 7) is 3.93. The highest BCUT2D eigenvalue weighted by atomic mass is 35.5. The maximum absolute atomic E-state index is 12.6. The zero-order valence-corrected chi connectivity index (χ0v) is 15.2. The molecule has 7 heteroatoms. The average molecular weight is 375 g/mol. The largest absolute Gasteiger partial charge is 0.495 e. The first-order valence-corrected chi connectivity index (χ1v) is 8.98. The highest BCUT2D eigenvalue weighted by Crippen LogP contribution is 2.34. The Balaban J connectivity index is 2.50. The zero-order chi connectivity index (χ0) is 17.2. The van der Waals surface area contributed by atoms with Gasteiger partial charge in [-0.05, 0) is 35.7 Å². The molecule has 124 valence electrons. The van der Waals surface area contributed by atoms with Crippen molar-refractivity contribution in [2.75, 3.05) is 7.11 Å². The van der Waals surface area contributed by atoms with E-state index < -0.39 is 10.1 Å². The van der Waals surface area contributed by atoms with Crippen molar-refractivity contribution in [1.29, 1.82) is 0 Å². The highest BCUT2D eigenvalue weighted by Gasteiger charge is 2.24. The van der Waals surface area contributed by atoms with Gasteiger partial charge in [0.1, 0.15) is 10.6 Å². The molecule has 0 unspecified atom stereocenters. The molecule has 4 nitrogen and oxygen atoms in total. The van der Waals surface area contributed by atoms with Gasteiger partial charge < -0.3 is 8.92 Å². The van der Waals surface area contributed by atoms with Crippen LogP contribution in [-0.2, 0) is 10.1 Å². The van der Waals surface area contributed by atoms with E-state index >= 15 is 0 Å². The second-order valence-corrected chi connectivity index (χ2v) is 7.54. The summed E-state index contributed by atoms with van der Waals surface area (Å²) in [5.74, 6) is 0.327. The fraction of sp³-hybridized carbons (Fsp3) is 0.250. The summed E-state index contributed by atoms with van der Waals surface area (Å²) in [6.07, 6.45) is 0. The molecule has 2 aromatic rings. The summed E-state index contributed by atoms with van der Waals surface area (Å²) in [6, 6.07) is 9.32. The molecule has 0 aliphatic heterocycles. The Kier molecular flexibility index (Phi) is 5.45. The standard InChI is InChI=1S/C16H16Cl2O4S/c1-10(2)11-4-7-14(21-3)16(8-11)23(19,20)22-15-9-12(17)5-6-13(15)18/h4-10H,1-3H3. The molecule has 0 saturated carbocycles. The van der Waals surface area contributed by atoms with Crippen LogP contribution >= 0.6 is 23.2 Å². The fourth-order valence-electron chi connectivity index (χ4n) is 1.95. The minimum atomic E-state index is -4.12. The smallest absolute Gasteiger partial charge is 0.342 e. The lowest BCUT2D eigenvalue weighted by atomic mass is 10.0. The average Bonchev–Trinajstić information content (AvgIpc) is 2.50. The molecule has 2 rings (SSSR count). The summed E-state index contributed by atoms with van der Waals surface area (Å²) in [5, 5.41) is 0.472. The monoisotopic (exact) mass is 374 g/mol. The third-order valence-corrected chi connectivity index (χ3v) is 5.02. The SMILES string of the molecule is COc1ccc(C(C)C)cc1S(=O)(=O)Oc1cc(Cl)ccc1Cl. The van der Waals surface area contributed by atoms with Gasteiger partial charge in [-0.1, -0.05) is 43.1 Å². The fourth-order valence-corrected chi connectivity index (χ4v) is 3.46. The van der Waals surface area contributed by atoms with Gasteiger partial charge in [0.15, 0.2) is 5.75 Å². The third-order valence-electron chi connectivity index (χ3n) is 3.22. The molecular formula is C16H16Cl2O4S. The van der Waals surface area contributed by atoms with Crippen molar-refractivity contribution < 1.29 is 17.3 Å². The van der Waals surface area contributed by atoms with Crippen molar-refractivity contribution in [2.45, 2.75) is 24.7 Å². The minimum absolute atomic E-state index is 0.0313. The van der Waals surface area contributed by atoms with Crippen molar-refractivity contribution in [3.63, 3.8) is 0 Å². The quantitative estimate of drug-likeness (QED) is 0.698. The molecule has 0 N–H and O–H groups in total. The maximum atomic E-state index is 12.6. The predicted octanol–water partition coefficient (Wildman–Crippen LogP) is 4.89. The van der Waals surface area contributed by atoms with Crippen molar-refractivity contribution in [2.24, 2.45) is 0 Å². The van der Waals surface area contributed by atoms with Crippen LogP contribution < -0.4 is 8.92 Å². The Labute approximate surface area is 146 Å². The Morgan fingerprint density at radius 3 is 2.30 bits per heavy atom. The van der Waals surface area contributed by atoms with Gasteiger partial charge in [-0.3, -0.25) is 0 Å². The number of benzene rings is 2. The van der Waals surface area contributed by atoms with Crippen LogP contribution in [0.5, 0.6) is 11.5 Å². The summed E-state index contributed by atoms with van der Waals surface area (Å²) < 4.78 is 35.5. The molecule has 2 aromatic carbocycles. The van der Waals surface area contributed by atoms with E-state index in [0.717, 1.165) is 5.56 Å². The number of hydrogen-bond donors (Lipinski definition) is 0. The Hall–Kier alpha value is -1.43. The Morgan fingerprint density at radius 2 is 1.70 bits per heavy atom. The molecule has 0 spiro atoms. The van der Waals surface area contributed by atoms with Gasteiger partial charge in [-0.25, -0.2) is 0 Å². The molecule has 23 heavy (non-hydrogen) atoms. The lowest BCUT2D eigenvalue weighted by Crippen LogP contribution is -2.12. The summed E-state index contributed by atoms with van der Waals surface area (Å²) >= 11 is 11.8. The summed E-state index contributed by atoms with van der Waals surface area (Å²) in [7, 11) is -2.72. The lowest BCUT2D eigenvalue weighted by Gasteiger charge is -2.14. The molecule has 0 heterocycles. The maximum Gasteiger partial charge on any atom is 0.342 e. The predicted molar refractivity (Wildman–Crippen MR) is 91.4 cm³/mol. The highest BCUT2D eigenvalue weighted by molar-refractivity contribution is 7.87. The summed E-state index contributed by atoms with van der Waals surface area (Å²) in [5.41, 5.74) is 0.852. The van der Waals surface area contributed by atoms with Gasteiger partial charge in [0.2, 0.25) is 0 Å². The van der Waals surface area contributed by atoms with Gasteiger partial charge >= 0.3 is 10.1 Å². The second-order valence-electron chi connectivity index (χ2n) is 5.18. The van der Waals surface area contributed by atoms with E-state index in [1.165, 1.54) is 25.3 Å². The molecule has 0 radical (unpaired) electrons. The van der Waals surface area contributed by atoms with Crippen LogP contribution in [0.2, 0.25) is 10.0 Å². The van der Waals surface area contributed by atoms with Crippen LogP contribution in [0.15, 0.2) is 41.3 Å². The van der Waals surface area contributed by atoms with Crippen LogP contribution in [0.1, 0.15) is 25.3 Å². The Bertz CT molecular complexity index is 817. The van der Waals surface area contributed by atoms with E-state index in [9.17, 15) is 8.42 Å². The van der Waals surface area contributed by atoms with E-state index in [0.29, 0.717) is 5.02 Å². The van der Waals surface area contributed by atoms with E-state index in [-0.39, 0.29) is 27.3 Å². The van der Waals surface area contributed by atoms with E-state index in [1.54, 1.807) is 12.1 Å². The van der Waals surface area contributed by atoms with E-state index in [1.807, 2.05) is 19.9 Å². The Morgan fingerprint density at radius 1 is 1.00 bits per heavy atom. The van der Waals surface area contributed by atoms with E-state index in [2.05, 4.69) is 0 Å². The molecule has 0 aliphatic rings. The van der Waals surface area contributed by atoms with Gasteiger partial charge in [-0.15, -0.1) is 0 Å². The molecule has 0 amide bonds. The minimum Gasteiger partial charge on any atom is -0.495 e. The second kappa shape index (κ2) is 6.99. The van der Waals surface area contributed by atoms with Crippen molar-refractivity contribution >= 4 is 33.3 Å². The first-order valence-electron chi connectivity index (χ1n) is 6.82. The first kappa shape index (κ1) is 17.9. The summed E-state index contributed by atoms with van der Waals surface area (Å²) in [4.78, 5) is -0.0535. The molecule has 0 saturated heterocycles. The first-order chi connectivity index (χ1) is 10.7. The van der Waals surface area contributed by atoms with Crippen molar-refractivity contribution in [3.8, 4) is 11.5 Å². The molecule has 0 bridgehead atoms. The molecule has 0 aromatic heterocycles. The van der Waals surface area contributed by atoms with Crippen LogP contribution in [-0.4, -0.2) is 15.5 Å². The molecule has 0 atom stereocenters. The zero-order valence-electron chi connectivity index (χ0n) is 12.8. The van der Waals surface area contributed by atoms with Gasteiger partial charge in [0, 0.05) is 11.1 Å². The molecular weight excluding hydrogens is 359 g/mol. The van der Waals surface area contributed by atoms with Crippen LogP contribution in [0.25, 0.3) is 0 Å². The normalized spacial score (nSPS) is 11.6. The van der Waals surface area contributed by atoms with Crippen LogP contribution in [0, 0.1) is 0 Å². The number of halogens is 2. The van der Waals surface area contributed by atoms with Crippen molar-refractivity contribution in [1.82, 2.24) is 0 Å². The number of hydrogen-bond acceptors (Lipinski definition) is 4. The number of ether oxygens (including phenoxy) is 1. The number of rotatable bonds is 5. The third kappa shape index (κ3) is 4.10. The van der Waals surface area contributed by atoms with Crippen LogP contribution in [0.4, 0.5) is 0 Å². The van der Waals surface area contributed by atoms with E-state index in [4.69, 9.17) is 32.1 Å². The topological polar surface area (TPSA) is 52.6 Å². The van der Waals surface area contributed by atoms with Gasteiger partial charge in [-0.2, -0.15) is 8.42 Å². The van der Waals surface area contributed by atoms with Gasteiger partial charge in [0.25, 0.3) is 0 Å². The van der Waals surface area contributed by atoms with Crippen LogP contribution in [0.3, 0.4) is 0 Å². The van der Waals surface area contributed by atoms with Gasteiger partial charge in [0.05, 0.1) is 12.1 Å². The number of methoxy groups -OCH3 is 1. The lowest BCUT2D eigenvalue weighted by molar-refractivity contribution is 0.397. The molecule has 0 fully saturated rings. The van der Waals surface area contributed by atoms with Crippen molar-refractivity contribution in [3.05, 3.63) is 52.0 Å².